The van der Waals surface area contributed by atoms with E-state index >= 15 is 0 Å². The fraction of sp³-hybridized carbons (Fsp3) is 0.617. The maximum Gasteiger partial charge on any atom is 0.407 e. The van der Waals surface area contributed by atoms with Crippen molar-refractivity contribution in [3.05, 3.63) is 54.1 Å². The van der Waals surface area contributed by atoms with Gasteiger partial charge in [-0.15, -0.1) is 5.10 Å². The van der Waals surface area contributed by atoms with Crippen LogP contribution in [0.2, 0.25) is 0 Å². The lowest BCUT2D eigenvalue weighted by atomic mass is 9.73. The van der Waals surface area contributed by atoms with E-state index in [-0.39, 0.29) is 43.1 Å². The minimum absolute atomic E-state index is 0.0276. The molecule has 1 aliphatic rings. The number of anilines is 1. The molecular formula is C47H71N7O8. The molecule has 0 saturated heterocycles. The van der Waals surface area contributed by atoms with Gasteiger partial charge in [-0.25, -0.2) is 9.48 Å². The first kappa shape index (κ1) is 49.8. The summed E-state index contributed by atoms with van der Waals surface area (Å²) in [6.07, 6.45) is 3.99. The number of alkyl carbamates (subject to hydrolysis) is 1. The van der Waals surface area contributed by atoms with Crippen molar-refractivity contribution in [2.24, 2.45) is 10.8 Å². The number of esters is 1. The number of rotatable bonds is 23. The van der Waals surface area contributed by atoms with Crippen molar-refractivity contribution in [3.63, 3.8) is 0 Å². The third kappa shape index (κ3) is 13.1. The molecule has 3 N–H and O–H groups in total. The predicted molar refractivity (Wildman–Crippen MR) is 240 cm³/mol. The van der Waals surface area contributed by atoms with Gasteiger partial charge in [-0.3, -0.25) is 14.4 Å². The molecule has 3 amide bonds. The van der Waals surface area contributed by atoms with Crippen LogP contribution in [0.3, 0.4) is 0 Å². The fourth-order valence-corrected chi connectivity index (χ4v) is 8.00. The summed E-state index contributed by atoms with van der Waals surface area (Å²) in [5.41, 5.74) is 2.05. The van der Waals surface area contributed by atoms with Crippen LogP contribution < -0.4 is 20.9 Å². The molecule has 15 nitrogen and oxygen atoms in total. The number of fused-ring (bicyclic) bond motifs is 5. The molecule has 342 valence electrons. The van der Waals surface area contributed by atoms with E-state index in [1.807, 2.05) is 95.0 Å². The molecule has 15 heteroatoms. The number of nitrogens with one attached hydrogen (secondary N) is 3. The number of aromatic nitrogens is 3. The monoisotopic (exact) mass is 862 g/mol. The van der Waals surface area contributed by atoms with Crippen LogP contribution in [0.15, 0.2) is 48.5 Å². The fourth-order valence-electron chi connectivity index (χ4n) is 8.00. The number of benzene rings is 2. The third-order valence-corrected chi connectivity index (χ3v) is 12.0. The first-order chi connectivity index (χ1) is 29.3. The summed E-state index contributed by atoms with van der Waals surface area (Å²) in [6.45, 7) is 17.7. The van der Waals surface area contributed by atoms with E-state index in [1.54, 1.807) is 18.8 Å². The normalized spacial score (nSPS) is 14.3. The number of hydrogen-bond acceptors (Lipinski definition) is 11. The largest absolute Gasteiger partial charge is 0.468 e. The number of likely N-dealkylation sites (N-methyl/N-ethyl adjacent to an activating group) is 1. The summed E-state index contributed by atoms with van der Waals surface area (Å²) in [5.74, 6) is -0.567. The number of carbonyl (C=O) groups excluding carboxylic acids is 4. The standard InChI is InChI=1S/C47H71N7O8/c1-12-47(8,60-11)25-29-62-46(6,7)24-27-49-41(56)44(2,3)32-45(4,5)42(57)53-31-33-19-13-14-20-34(33)38-39(35-21-15-16-23-37(35)53)54(52-51-38)28-30-61-43(58)50-26-18-17-22-36(48-9)40(55)59-10/h13-16,19-21,23,36,48H,12,17-18,22,24-32H2,1-11H3,(H,49,56)(H,50,58). The lowest BCUT2D eigenvalue weighted by molar-refractivity contribution is -0.143. The number of ether oxygens (including phenoxy) is 4. The Morgan fingerprint density at radius 3 is 2.21 bits per heavy atom. The van der Waals surface area contributed by atoms with E-state index in [4.69, 9.17) is 18.9 Å². The number of carbonyl (C=O) groups is 4. The second-order valence-electron chi connectivity index (χ2n) is 18.3. The molecule has 0 spiro atoms. The van der Waals surface area contributed by atoms with E-state index in [0.717, 1.165) is 29.5 Å². The molecule has 0 saturated carbocycles. The SMILES string of the molecule is CCC(C)(CCOC(C)(C)CCNC(=O)C(C)(C)CC(C)(C)C(=O)N1Cc2ccccc2-c2nnn(CCOC(=O)NCCCCC(NC)C(=O)OC)c2-c2ccccc21)OC. The zero-order valence-electron chi connectivity index (χ0n) is 38.9. The van der Waals surface area contributed by atoms with Crippen molar-refractivity contribution in [2.75, 3.05) is 52.5 Å². The Balaban J connectivity index is 1.45. The molecule has 2 atom stereocenters. The zero-order chi connectivity index (χ0) is 45.7. The number of hydrogen-bond donors (Lipinski definition) is 3. The molecule has 3 aromatic rings. The number of amides is 3. The molecule has 62 heavy (non-hydrogen) atoms. The van der Waals surface area contributed by atoms with Crippen LogP contribution in [-0.2, 0) is 46.4 Å². The van der Waals surface area contributed by atoms with Crippen LogP contribution in [0.1, 0.15) is 106 Å². The van der Waals surface area contributed by atoms with Gasteiger partial charge in [0.15, 0.2) is 0 Å². The second-order valence-corrected chi connectivity index (χ2v) is 18.3. The molecule has 0 aliphatic carbocycles. The van der Waals surface area contributed by atoms with Crippen molar-refractivity contribution in [1.82, 2.24) is 30.9 Å². The molecule has 0 radical (unpaired) electrons. The molecule has 2 unspecified atom stereocenters. The minimum atomic E-state index is -0.948. The summed E-state index contributed by atoms with van der Waals surface area (Å²) < 4.78 is 23.9. The number of methoxy groups -OCH3 is 2. The van der Waals surface area contributed by atoms with Crippen molar-refractivity contribution in [2.45, 2.75) is 131 Å². The Kier molecular flexibility index (Phi) is 17.6. The van der Waals surface area contributed by atoms with E-state index in [1.165, 1.54) is 7.11 Å². The summed E-state index contributed by atoms with van der Waals surface area (Å²) >= 11 is 0. The Morgan fingerprint density at radius 1 is 0.839 bits per heavy atom. The lowest BCUT2D eigenvalue weighted by Gasteiger charge is -2.38. The molecule has 2 aromatic carbocycles. The van der Waals surface area contributed by atoms with Crippen molar-refractivity contribution < 1.29 is 38.1 Å². The Hall–Kier alpha value is -4.86. The summed E-state index contributed by atoms with van der Waals surface area (Å²) in [5, 5.41) is 18.0. The first-order valence-electron chi connectivity index (χ1n) is 21.9. The highest BCUT2D eigenvalue weighted by Gasteiger charge is 2.42. The highest BCUT2D eigenvalue weighted by atomic mass is 16.5. The summed E-state index contributed by atoms with van der Waals surface area (Å²) in [7, 11) is 4.79. The van der Waals surface area contributed by atoms with Gasteiger partial charge in [0, 0.05) is 42.2 Å². The minimum Gasteiger partial charge on any atom is -0.468 e. The highest BCUT2D eigenvalue weighted by Crippen LogP contribution is 2.44. The van der Waals surface area contributed by atoms with Gasteiger partial charge in [-0.05, 0) is 84.4 Å². The average Bonchev–Trinajstić information content (AvgIpc) is 3.65. The molecule has 0 bridgehead atoms. The van der Waals surface area contributed by atoms with Crippen molar-refractivity contribution in [3.8, 4) is 22.5 Å². The second kappa shape index (κ2) is 22.0. The average molecular weight is 862 g/mol. The van der Waals surface area contributed by atoms with Crippen molar-refractivity contribution in [1.29, 1.82) is 0 Å². The Labute approximate surface area is 368 Å². The first-order valence-corrected chi connectivity index (χ1v) is 21.9. The number of nitrogens with zero attached hydrogens (tertiary/aromatic N) is 4. The smallest absolute Gasteiger partial charge is 0.407 e. The molecule has 0 fully saturated rings. The third-order valence-electron chi connectivity index (χ3n) is 12.0. The molecule has 1 aliphatic heterocycles. The van der Waals surface area contributed by atoms with Crippen LogP contribution in [0.25, 0.3) is 22.5 Å². The Bertz CT molecular complexity index is 1970. The Morgan fingerprint density at radius 2 is 1.53 bits per heavy atom. The van der Waals surface area contributed by atoms with E-state index in [9.17, 15) is 19.2 Å². The van der Waals surface area contributed by atoms with Gasteiger partial charge in [0.05, 0.1) is 49.4 Å². The van der Waals surface area contributed by atoms with Crippen LogP contribution in [0.5, 0.6) is 0 Å². The molecule has 2 heterocycles. The van der Waals surface area contributed by atoms with Gasteiger partial charge >= 0.3 is 12.1 Å². The maximum absolute atomic E-state index is 15.0. The van der Waals surface area contributed by atoms with Gasteiger partial charge in [0.2, 0.25) is 11.8 Å². The van der Waals surface area contributed by atoms with Gasteiger partial charge in [0.1, 0.15) is 18.3 Å². The zero-order valence-corrected chi connectivity index (χ0v) is 38.9. The van der Waals surface area contributed by atoms with Gasteiger partial charge < -0.3 is 39.8 Å². The summed E-state index contributed by atoms with van der Waals surface area (Å²) in [4.78, 5) is 55.0. The van der Waals surface area contributed by atoms with Crippen molar-refractivity contribution >= 4 is 29.6 Å². The van der Waals surface area contributed by atoms with Crippen LogP contribution in [0.4, 0.5) is 10.5 Å². The molecule has 1 aromatic heterocycles. The maximum atomic E-state index is 15.0. The van der Waals surface area contributed by atoms with Crippen LogP contribution in [-0.4, -0.2) is 104 Å². The molecule has 4 rings (SSSR count). The van der Waals surface area contributed by atoms with Gasteiger partial charge in [-0.1, -0.05) is 82.3 Å². The number of unbranched alkanes of at least 4 members (excludes halogenated alkanes) is 1. The predicted octanol–water partition coefficient (Wildman–Crippen LogP) is 7.07. The van der Waals surface area contributed by atoms with E-state index < -0.39 is 28.6 Å². The summed E-state index contributed by atoms with van der Waals surface area (Å²) in [6, 6.07) is 15.1. The van der Waals surface area contributed by atoms with Crippen LogP contribution >= 0.6 is 0 Å². The highest BCUT2D eigenvalue weighted by molar-refractivity contribution is 6.02. The van der Waals surface area contributed by atoms with Crippen LogP contribution in [0, 0.1) is 10.8 Å². The van der Waals surface area contributed by atoms with E-state index in [2.05, 4.69) is 40.1 Å². The molecular weight excluding hydrogens is 791 g/mol. The van der Waals surface area contributed by atoms with Gasteiger partial charge in [-0.2, -0.15) is 0 Å². The lowest BCUT2D eigenvalue weighted by Crippen LogP contribution is -2.47. The van der Waals surface area contributed by atoms with Gasteiger partial charge in [0.25, 0.3) is 0 Å². The quantitative estimate of drug-likeness (QED) is 0.0658. The van der Waals surface area contributed by atoms with E-state index in [0.29, 0.717) is 68.9 Å². The number of para-hydroxylation sites is 1. The topological polar surface area (TPSA) is 175 Å².